The maximum atomic E-state index is 10.6. The molecule has 0 aliphatic heterocycles. The maximum absolute atomic E-state index is 10.6. The molecule has 0 radical (unpaired) electrons. The minimum absolute atomic E-state index is 0.0916. The first-order valence-corrected chi connectivity index (χ1v) is 4.68. The van der Waals surface area contributed by atoms with Crippen molar-refractivity contribution in [3.63, 3.8) is 0 Å². The van der Waals surface area contributed by atoms with Crippen LogP contribution in [-0.2, 0) is 18.3 Å². The number of aliphatic carboxylic acids is 1. The Kier molecular flexibility index (Phi) is 2.63. The second kappa shape index (κ2) is 4.09. The summed E-state index contributed by atoms with van der Waals surface area (Å²) in [6.07, 6.45) is 2.93. The van der Waals surface area contributed by atoms with Crippen LogP contribution >= 0.6 is 0 Å². The van der Waals surface area contributed by atoms with E-state index in [2.05, 4.69) is 15.1 Å². The molecular weight excluding hydrogens is 208 g/mol. The van der Waals surface area contributed by atoms with Crippen LogP contribution in [0.15, 0.2) is 24.7 Å². The van der Waals surface area contributed by atoms with E-state index in [1.54, 1.807) is 30.1 Å². The van der Waals surface area contributed by atoms with Gasteiger partial charge in [0.2, 0.25) is 0 Å². The van der Waals surface area contributed by atoms with E-state index >= 15 is 0 Å². The van der Waals surface area contributed by atoms with E-state index in [9.17, 15) is 4.79 Å². The van der Waals surface area contributed by atoms with Crippen LogP contribution in [0.1, 0.15) is 5.69 Å². The Labute approximate surface area is 91.6 Å². The molecule has 0 spiro atoms. The number of hydrogen-bond acceptors (Lipinski definition) is 4. The second-order valence-corrected chi connectivity index (χ2v) is 3.31. The number of pyridine rings is 1. The van der Waals surface area contributed by atoms with Crippen molar-refractivity contribution >= 4 is 5.97 Å². The van der Waals surface area contributed by atoms with Crippen molar-refractivity contribution in [1.29, 1.82) is 0 Å². The lowest BCUT2D eigenvalue weighted by atomic mass is 10.2. The van der Waals surface area contributed by atoms with Gasteiger partial charge in [-0.3, -0.25) is 9.78 Å². The molecule has 6 heteroatoms. The number of nitrogens with zero attached hydrogens (tertiary/aromatic N) is 4. The first-order valence-electron chi connectivity index (χ1n) is 4.68. The van der Waals surface area contributed by atoms with Crippen molar-refractivity contribution in [2.24, 2.45) is 7.05 Å². The monoisotopic (exact) mass is 218 g/mol. The van der Waals surface area contributed by atoms with Crippen LogP contribution < -0.4 is 0 Å². The molecular formula is C10H10N4O2. The second-order valence-electron chi connectivity index (χ2n) is 3.31. The number of carboxylic acids is 1. The van der Waals surface area contributed by atoms with Crippen molar-refractivity contribution in [2.45, 2.75) is 6.42 Å². The number of carboxylic acid groups (broad SMARTS) is 1. The average Bonchev–Trinajstić information content (AvgIpc) is 2.64. The summed E-state index contributed by atoms with van der Waals surface area (Å²) in [5.74, 6) is -0.211. The first kappa shape index (κ1) is 10.3. The minimum atomic E-state index is -0.900. The molecule has 1 N–H and O–H groups in total. The van der Waals surface area contributed by atoms with Gasteiger partial charge in [-0.2, -0.15) is 5.10 Å². The van der Waals surface area contributed by atoms with E-state index < -0.39 is 5.97 Å². The summed E-state index contributed by atoms with van der Waals surface area (Å²) in [6.45, 7) is 0. The van der Waals surface area contributed by atoms with E-state index in [1.165, 1.54) is 6.33 Å². The van der Waals surface area contributed by atoms with Gasteiger partial charge in [-0.15, -0.1) is 0 Å². The Morgan fingerprint density at radius 2 is 2.31 bits per heavy atom. The molecule has 2 aromatic rings. The van der Waals surface area contributed by atoms with Crippen LogP contribution in [0, 0.1) is 0 Å². The molecule has 0 aliphatic rings. The van der Waals surface area contributed by atoms with Crippen LogP contribution in [0.4, 0.5) is 0 Å². The van der Waals surface area contributed by atoms with Crippen molar-refractivity contribution in [3.8, 4) is 11.4 Å². The molecule has 2 heterocycles. The molecule has 0 fully saturated rings. The fraction of sp³-hybridized carbons (Fsp3) is 0.200. The molecule has 0 saturated heterocycles. The van der Waals surface area contributed by atoms with Crippen molar-refractivity contribution in [1.82, 2.24) is 19.7 Å². The summed E-state index contributed by atoms with van der Waals surface area (Å²) in [5, 5.41) is 12.6. The Bertz CT molecular complexity index is 521. The lowest BCUT2D eigenvalue weighted by Crippen LogP contribution is -2.03. The van der Waals surface area contributed by atoms with E-state index in [-0.39, 0.29) is 6.42 Å². The van der Waals surface area contributed by atoms with Crippen LogP contribution in [0.2, 0.25) is 0 Å². The molecule has 0 unspecified atom stereocenters. The standard InChI is InChI=1S/C10H10N4O2/c1-14-10(12-6-13-14)7-2-3-11-8(4-7)5-9(15)16/h2-4,6H,5H2,1H3,(H,15,16). The summed E-state index contributed by atoms with van der Waals surface area (Å²) < 4.78 is 1.62. The summed E-state index contributed by atoms with van der Waals surface area (Å²) in [5.41, 5.74) is 1.32. The van der Waals surface area contributed by atoms with Crippen molar-refractivity contribution in [3.05, 3.63) is 30.4 Å². The molecule has 82 valence electrons. The van der Waals surface area contributed by atoms with Gasteiger partial charge in [-0.05, 0) is 12.1 Å². The van der Waals surface area contributed by atoms with E-state index in [1.807, 2.05) is 0 Å². The highest BCUT2D eigenvalue weighted by Gasteiger charge is 2.07. The SMILES string of the molecule is Cn1ncnc1-c1ccnc(CC(=O)O)c1. The van der Waals surface area contributed by atoms with Gasteiger partial charge in [-0.1, -0.05) is 0 Å². The first-order chi connectivity index (χ1) is 7.66. The fourth-order valence-electron chi connectivity index (χ4n) is 1.43. The Balaban J connectivity index is 2.36. The lowest BCUT2D eigenvalue weighted by molar-refractivity contribution is -0.136. The normalized spacial score (nSPS) is 10.3. The summed E-state index contributed by atoms with van der Waals surface area (Å²) in [4.78, 5) is 18.6. The van der Waals surface area contributed by atoms with Crippen molar-refractivity contribution < 1.29 is 9.90 Å². The van der Waals surface area contributed by atoms with E-state index in [0.717, 1.165) is 5.56 Å². The van der Waals surface area contributed by atoms with Crippen LogP contribution in [0.5, 0.6) is 0 Å². The quantitative estimate of drug-likeness (QED) is 0.811. The smallest absolute Gasteiger partial charge is 0.309 e. The van der Waals surface area contributed by atoms with E-state index in [0.29, 0.717) is 11.5 Å². The summed E-state index contributed by atoms with van der Waals surface area (Å²) >= 11 is 0. The largest absolute Gasteiger partial charge is 0.481 e. The van der Waals surface area contributed by atoms with E-state index in [4.69, 9.17) is 5.11 Å². The molecule has 0 aliphatic carbocycles. The zero-order valence-corrected chi connectivity index (χ0v) is 8.66. The molecule has 6 nitrogen and oxygen atoms in total. The van der Waals surface area contributed by atoms with Gasteiger partial charge in [0, 0.05) is 18.8 Å². The number of aromatic nitrogens is 4. The molecule has 0 bridgehead atoms. The highest BCUT2D eigenvalue weighted by atomic mass is 16.4. The lowest BCUT2D eigenvalue weighted by Gasteiger charge is -2.02. The van der Waals surface area contributed by atoms with Gasteiger partial charge in [0.15, 0.2) is 5.82 Å². The van der Waals surface area contributed by atoms with Crippen LogP contribution in [-0.4, -0.2) is 30.8 Å². The summed E-state index contributed by atoms with van der Waals surface area (Å²) in [6, 6.07) is 3.48. The van der Waals surface area contributed by atoms with Gasteiger partial charge in [0.05, 0.1) is 12.1 Å². The zero-order chi connectivity index (χ0) is 11.5. The van der Waals surface area contributed by atoms with Gasteiger partial charge in [-0.25, -0.2) is 9.67 Å². The summed E-state index contributed by atoms with van der Waals surface area (Å²) in [7, 11) is 1.78. The van der Waals surface area contributed by atoms with Gasteiger partial charge >= 0.3 is 5.97 Å². The number of hydrogen-bond donors (Lipinski definition) is 1. The minimum Gasteiger partial charge on any atom is -0.481 e. The van der Waals surface area contributed by atoms with Gasteiger partial charge < -0.3 is 5.11 Å². The van der Waals surface area contributed by atoms with Gasteiger partial charge in [0.25, 0.3) is 0 Å². The molecule has 0 saturated carbocycles. The molecule has 0 amide bonds. The third kappa shape index (κ3) is 2.05. The zero-order valence-electron chi connectivity index (χ0n) is 8.66. The van der Waals surface area contributed by atoms with Crippen LogP contribution in [0.25, 0.3) is 11.4 Å². The predicted octanol–water partition coefficient (Wildman–Crippen LogP) is 0.504. The average molecular weight is 218 g/mol. The molecule has 16 heavy (non-hydrogen) atoms. The van der Waals surface area contributed by atoms with Gasteiger partial charge in [0.1, 0.15) is 6.33 Å². The molecule has 2 aromatic heterocycles. The third-order valence-electron chi connectivity index (χ3n) is 2.12. The Morgan fingerprint density at radius 3 is 2.94 bits per heavy atom. The Morgan fingerprint density at radius 1 is 1.50 bits per heavy atom. The van der Waals surface area contributed by atoms with Crippen molar-refractivity contribution in [2.75, 3.05) is 0 Å². The number of carbonyl (C=O) groups is 1. The van der Waals surface area contributed by atoms with Crippen LogP contribution in [0.3, 0.4) is 0 Å². The third-order valence-corrected chi connectivity index (χ3v) is 2.12. The topological polar surface area (TPSA) is 80.9 Å². The highest BCUT2D eigenvalue weighted by molar-refractivity contribution is 5.70. The highest BCUT2D eigenvalue weighted by Crippen LogP contribution is 2.15. The number of aryl methyl sites for hydroxylation is 1. The molecule has 0 atom stereocenters. The fourth-order valence-corrected chi connectivity index (χ4v) is 1.43. The Hall–Kier alpha value is -2.24. The number of rotatable bonds is 3. The predicted molar refractivity (Wildman–Crippen MR) is 55.6 cm³/mol. The molecule has 2 rings (SSSR count). The maximum Gasteiger partial charge on any atom is 0.309 e. The molecule has 0 aromatic carbocycles.